The molecule has 15 heavy (non-hydrogen) atoms. The van der Waals surface area contributed by atoms with Crippen molar-refractivity contribution < 1.29 is 9.47 Å². The van der Waals surface area contributed by atoms with Crippen LogP contribution in [0.5, 0.6) is 5.75 Å². The zero-order chi connectivity index (χ0) is 10.9. The van der Waals surface area contributed by atoms with Crippen molar-refractivity contribution in [1.29, 1.82) is 0 Å². The molecule has 1 aromatic carbocycles. The summed E-state index contributed by atoms with van der Waals surface area (Å²) in [4.78, 5) is 0. The molecule has 1 aliphatic heterocycles. The maximum Gasteiger partial charge on any atom is 0.145 e. The molecule has 1 aliphatic rings. The van der Waals surface area contributed by atoms with E-state index < -0.39 is 0 Å². The fourth-order valence-corrected chi connectivity index (χ4v) is 1.65. The van der Waals surface area contributed by atoms with E-state index in [1.54, 1.807) is 0 Å². The van der Waals surface area contributed by atoms with Crippen LogP contribution in [0, 0.1) is 0 Å². The zero-order valence-corrected chi connectivity index (χ0v) is 9.62. The van der Waals surface area contributed by atoms with Gasteiger partial charge in [-0.3, -0.25) is 0 Å². The number of hydrogen-bond donors (Lipinski definition) is 0. The summed E-state index contributed by atoms with van der Waals surface area (Å²) >= 11 is 0. The van der Waals surface area contributed by atoms with Gasteiger partial charge in [0.05, 0.1) is 13.2 Å². The monoisotopic (exact) mass is 206 g/mol. The van der Waals surface area contributed by atoms with E-state index in [1.165, 1.54) is 5.56 Å². The zero-order valence-electron chi connectivity index (χ0n) is 9.62. The van der Waals surface area contributed by atoms with Gasteiger partial charge in [0, 0.05) is 0 Å². The van der Waals surface area contributed by atoms with E-state index in [1.807, 2.05) is 12.1 Å². The smallest absolute Gasteiger partial charge is 0.145 e. The lowest BCUT2D eigenvalue weighted by Gasteiger charge is -2.30. The van der Waals surface area contributed by atoms with E-state index in [-0.39, 0.29) is 11.5 Å². The second-order valence-corrected chi connectivity index (χ2v) is 5.02. The summed E-state index contributed by atoms with van der Waals surface area (Å²) in [6, 6.07) is 8.25. The summed E-state index contributed by atoms with van der Waals surface area (Å²) in [5, 5.41) is 0. The van der Waals surface area contributed by atoms with Crippen molar-refractivity contribution in [3.63, 3.8) is 0 Å². The van der Waals surface area contributed by atoms with Gasteiger partial charge in [-0.1, -0.05) is 39.0 Å². The molecule has 2 heteroatoms. The van der Waals surface area contributed by atoms with E-state index >= 15 is 0 Å². The first kappa shape index (κ1) is 10.5. The minimum atomic E-state index is 0.126. The Morgan fingerprint density at radius 3 is 2.40 bits per heavy atom. The van der Waals surface area contributed by atoms with E-state index in [0.717, 1.165) is 19.0 Å². The molecular weight excluding hydrogens is 188 g/mol. The van der Waals surface area contributed by atoms with Gasteiger partial charge in [0.1, 0.15) is 11.9 Å². The van der Waals surface area contributed by atoms with E-state index in [0.29, 0.717) is 0 Å². The van der Waals surface area contributed by atoms with Crippen LogP contribution >= 0.6 is 0 Å². The van der Waals surface area contributed by atoms with Crippen LogP contribution in [0.2, 0.25) is 0 Å². The molecule has 0 saturated carbocycles. The van der Waals surface area contributed by atoms with Crippen molar-refractivity contribution in [2.24, 2.45) is 0 Å². The van der Waals surface area contributed by atoms with E-state index in [2.05, 4.69) is 32.9 Å². The molecule has 1 saturated heterocycles. The van der Waals surface area contributed by atoms with Crippen LogP contribution in [-0.2, 0) is 10.2 Å². The highest BCUT2D eigenvalue weighted by atomic mass is 16.6. The summed E-state index contributed by atoms with van der Waals surface area (Å²) in [5.74, 6) is 0.998. The minimum absolute atomic E-state index is 0.126. The van der Waals surface area contributed by atoms with Crippen LogP contribution in [0.15, 0.2) is 24.3 Å². The number of benzene rings is 1. The van der Waals surface area contributed by atoms with Crippen LogP contribution < -0.4 is 4.74 Å². The SMILES string of the molecule is CC(C)(C)c1ccccc1OC1COC1. The van der Waals surface area contributed by atoms with Gasteiger partial charge in [-0.2, -0.15) is 0 Å². The van der Waals surface area contributed by atoms with Gasteiger partial charge in [-0.05, 0) is 17.0 Å². The molecule has 2 nitrogen and oxygen atoms in total. The van der Waals surface area contributed by atoms with Gasteiger partial charge >= 0.3 is 0 Å². The van der Waals surface area contributed by atoms with Crippen molar-refractivity contribution in [3.8, 4) is 5.75 Å². The fraction of sp³-hybridized carbons (Fsp3) is 0.538. The molecule has 2 rings (SSSR count). The Bertz CT molecular complexity index is 335. The van der Waals surface area contributed by atoms with Crippen molar-refractivity contribution in [2.45, 2.75) is 32.3 Å². The highest BCUT2D eigenvalue weighted by molar-refractivity contribution is 5.38. The van der Waals surface area contributed by atoms with Gasteiger partial charge in [-0.25, -0.2) is 0 Å². The highest BCUT2D eigenvalue weighted by Crippen LogP contribution is 2.32. The first-order valence-electron chi connectivity index (χ1n) is 5.41. The predicted octanol–water partition coefficient (Wildman–Crippen LogP) is 2.76. The van der Waals surface area contributed by atoms with E-state index in [9.17, 15) is 0 Å². The lowest BCUT2D eigenvalue weighted by atomic mass is 9.86. The van der Waals surface area contributed by atoms with Gasteiger partial charge in [0.2, 0.25) is 0 Å². The Hall–Kier alpha value is -1.02. The van der Waals surface area contributed by atoms with Gasteiger partial charge in [0.25, 0.3) is 0 Å². The number of para-hydroxylation sites is 1. The molecule has 1 aromatic rings. The molecule has 0 bridgehead atoms. The largest absolute Gasteiger partial charge is 0.485 e. The molecule has 0 aromatic heterocycles. The minimum Gasteiger partial charge on any atom is -0.485 e. The van der Waals surface area contributed by atoms with Crippen LogP contribution in [-0.4, -0.2) is 19.3 Å². The molecule has 0 unspecified atom stereocenters. The normalized spacial score (nSPS) is 17.3. The van der Waals surface area contributed by atoms with Gasteiger partial charge in [-0.15, -0.1) is 0 Å². The molecule has 0 N–H and O–H groups in total. The average Bonchev–Trinajstić information content (AvgIpc) is 2.10. The van der Waals surface area contributed by atoms with Crippen LogP contribution in [0.25, 0.3) is 0 Å². The van der Waals surface area contributed by atoms with Gasteiger partial charge in [0.15, 0.2) is 0 Å². The molecule has 1 heterocycles. The summed E-state index contributed by atoms with van der Waals surface area (Å²) in [6.45, 7) is 8.04. The molecule has 0 spiro atoms. The quantitative estimate of drug-likeness (QED) is 0.740. The van der Waals surface area contributed by atoms with Crippen molar-refractivity contribution in [3.05, 3.63) is 29.8 Å². The third-order valence-electron chi connectivity index (χ3n) is 2.60. The highest BCUT2D eigenvalue weighted by Gasteiger charge is 2.24. The first-order valence-corrected chi connectivity index (χ1v) is 5.41. The lowest BCUT2D eigenvalue weighted by molar-refractivity contribution is -0.0802. The predicted molar refractivity (Wildman–Crippen MR) is 60.4 cm³/mol. The standard InChI is InChI=1S/C13H18O2/c1-13(2,3)11-6-4-5-7-12(11)15-10-8-14-9-10/h4-7,10H,8-9H2,1-3H3. The Morgan fingerprint density at radius 1 is 1.20 bits per heavy atom. The van der Waals surface area contributed by atoms with E-state index in [4.69, 9.17) is 9.47 Å². The second kappa shape index (κ2) is 3.86. The average molecular weight is 206 g/mol. The number of hydrogen-bond acceptors (Lipinski definition) is 2. The molecule has 0 amide bonds. The Labute approximate surface area is 91.2 Å². The molecule has 82 valence electrons. The topological polar surface area (TPSA) is 18.5 Å². The molecule has 1 fully saturated rings. The first-order chi connectivity index (χ1) is 7.07. The van der Waals surface area contributed by atoms with Crippen LogP contribution in [0.4, 0.5) is 0 Å². The number of ether oxygens (including phenoxy) is 2. The summed E-state index contributed by atoms with van der Waals surface area (Å²) in [5.41, 5.74) is 1.39. The van der Waals surface area contributed by atoms with Crippen molar-refractivity contribution in [1.82, 2.24) is 0 Å². The second-order valence-electron chi connectivity index (χ2n) is 5.02. The fourth-order valence-electron chi connectivity index (χ4n) is 1.65. The molecule has 0 aliphatic carbocycles. The summed E-state index contributed by atoms with van der Waals surface area (Å²) in [6.07, 6.45) is 0.244. The Balaban J connectivity index is 2.21. The maximum atomic E-state index is 5.88. The lowest BCUT2D eigenvalue weighted by Crippen LogP contribution is -2.39. The molecule has 0 atom stereocenters. The van der Waals surface area contributed by atoms with Crippen molar-refractivity contribution in [2.75, 3.05) is 13.2 Å². The third kappa shape index (κ3) is 2.32. The summed E-state index contributed by atoms with van der Waals surface area (Å²) in [7, 11) is 0. The van der Waals surface area contributed by atoms with Crippen LogP contribution in [0.3, 0.4) is 0 Å². The Morgan fingerprint density at radius 2 is 1.87 bits per heavy atom. The Kier molecular flexibility index (Phi) is 2.70. The number of rotatable bonds is 2. The maximum absolute atomic E-state index is 5.88. The van der Waals surface area contributed by atoms with Crippen LogP contribution in [0.1, 0.15) is 26.3 Å². The molecular formula is C13H18O2. The molecule has 0 radical (unpaired) electrons. The third-order valence-corrected chi connectivity index (χ3v) is 2.60. The van der Waals surface area contributed by atoms with Gasteiger partial charge < -0.3 is 9.47 Å². The van der Waals surface area contributed by atoms with Crippen molar-refractivity contribution >= 4 is 0 Å². The summed E-state index contributed by atoms with van der Waals surface area (Å²) < 4.78 is 11.0.